The summed E-state index contributed by atoms with van der Waals surface area (Å²) in [7, 11) is 0. The molecular formula is C19H17N3O4S2. The molecule has 0 saturated carbocycles. The van der Waals surface area contributed by atoms with Crippen molar-refractivity contribution in [3.63, 3.8) is 0 Å². The Labute approximate surface area is 169 Å². The van der Waals surface area contributed by atoms with E-state index in [1.165, 1.54) is 11.3 Å². The first-order valence-corrected chi connectivity index (χ1v) is 10.1. The first-order chi connectivity index (χ1) is 13.5. The molecule has 0 atom stereocenters. The second-order valence-electron chi connectivity index (χ2n) is 5.82. The quantitative estimate of drug-likeness (QED) is 0.707. The molecule has 0 radical (unpaired) electrons. The van der Waals surface area contributed by atoms with Crippen molar-refractivity contribution in [2.24, 2.45) is 0 Å². The molecule has 1 aromatic heterocycles. The number of thiophene rings is 1. The molecule has 2 N–H and O–H groups in total. The summed E-state index contributed by atoms with van der Waals surface area (Å²) in [5, 5.41) is 6.23. The molecule has 9 heteroatoms. The van der Waals surface area contributed by atoms with Gasteiger partial charge in [-0.1, -0.05) is 36.4 Å². The van der Waals surface area contributed by atoms with E-state index in [0.29, 0.717) is 4.91 Å². The van der Waals surface area contributed by atoms with Crippen molar-refractivity contribution in [1.29, 1.82) is 0 Å². The molecule has 2 aromatic rings. The lowest BCUT2D eigenvalue weighted by atomic mass is 10.2. The van der Waals surface area contributed by atoms with E-state index in [2.05, 4.69) is 10.6 Å². The number of nitrogens with zero attached hydrogens (tertiary/aromatic N) is 1. The maximum Gasteiger partial charge on any atom is 0.321 e. The Morgan fingerprint density at radius 3 is 2.57 bits per heavy atom. The molecular weight excluding hydrogens is 398 g/mol. The average molecular weight is 415 g/mol. The lowest BCUT2D eigenvalue weighted by Gasteiger charge is -2.12. The summed E-state index contributed by atoms with van der Waals surface area (Å²) in [6.07, 6.45) is 1.51. The monoisotopic (exact) mass is 415 g/mol. The van der Waals surface area contributed by atoms with Gasteiger partial charge >= 0.3 is 6.03 Å². The summed E-state index contributed by atoms with van der Waals surface area (Å²) in [5.41, 5.74) is 0.903. The van der Waals surface area contributed by atoms with E-state index in [9.17, 15) is 19.2 Å². The number of hydrogen-bond acceptors (Lipinski definition) is 6. The van der Waals surface area contributed by atoms with Gasteiger partial charge in [0.25, 0.3) is 11.1 Å². The molecule has 28 heavy (non-hydrogen) atoms. The summed E-state index contributed by atoms with van der Waals surface area (Å²) in [6.45, 7) is 0.209. The number of carbonyl (C=O) groups excluding carboxylic acids is 4. The molecule has 3 rings (SSSR count). The zero-order valence-corrected chi connectivity index (χ0v) is 16.3. The van der Waals surface area contributed by atoms with Gasteiger partial charge in [-0.3, -0.25) is 24.6 Å². The van der Waals surface area contributed by atoms with Crippen molar-refractivity contribution >= 4 is 52.3 Å². The highest BCUT2D eigenvalue weighted by molar-refractivity contribution is 8.18. The van der Waals surface area contributed by atoms with Gasteiger partial charge in [0.15, 0.2) is 0 Å². The predicted octanol–water partition coefficient (Wildman–Crippen LogP) is 3.20. The van der Waals surface area contributed by atoms with Gasteiger partial charge in [0.2, 0.25) is 5.91 Å². The van der Waals surface area contributed by atoms with Crippen molar-refractivity contribution in [2.75, 3.05) is 6.54 Å². The molecule has 2 heterocycles. The number of rotatable bonds is 6. The molecule has 1 saturated heterocycles. The smallest absolute Gasteiger partial charge is 0.321 e. The van der Waals surface area contributed by atoms with Crippen LogP contribution in [0.25, 0.3) is 6.08 Å². The highest BCUT2D eigenvalue weighted by Crippen LogP contribution is 2.32. The molecule has 5 amide bonds. The van der Waals surface area contributed by atoms with Gasteiger partial charge in [-0.25, -0.2) is 4.79 Å². The molecule has 1 aliphatic heterocycles. The molecule has 0 aliphatic carbocycles. The largest absolute Gasteiger partial charge is 0.334 e. The van der Waals surface area contributed by atoms with E-state index in [1.807, 2.05) is 47.8 Å². The number of imide groups is 2. The van der Waals surface area contributed by atoms with Crippen LogP contribution in [-0.2, 0) is 16.1 Å². The Balaban J connectivity index is 1.45. The number of hydrogen-bond donors (Lipinski definition) is 2. The van der Waals surface area contributed by atoms with Gasteiger partial charge in [-0.05, 0) is 34.8 Å². The van der Waals surface area contributed by atoms with Crippen LogP contribution < -0.4 is 10.6 Å². The van der Waals surface area contributed by atoms with Crippen LogP contribution in [0.15, 0.2) is 52.7 Å². The fraction of sp³-hybridized carbons (Fsp3) is 0.158. The molecule has 144 valence electrons. The Hall–Kier alpha value is -2.91. The van der Waals surface area contributed by atoms with E-state index in [4.69, 9.17) is 0 Å². The van der Waals surface area contributed by atoms with Crippen LogP contribution in [0.1, 0.15) is 16.9 Å². The Kier molecular flexibility index (Phi) is 6.62. The van der Waals surface area contributed by atoms with Crippen LogP contribution in [0.5, 0.6) is 0 Å². The van der Waals surface area contributed by atoms with E-state index in [0.717, 1.165) is 27.1 Å². The highest BCUT2D eigenvalue weighted by Gasteiger charge is 2.35. The summed E-state index contributed by atoms with van der Waals surface area (Å²) in [6, 6.07) is 12.4. The third-order valence-electron chi connectivity index (χ3n) is 3.80. The van der Waals surface area contributed by atoms with Crippen LogP contribution in [0.3, 0.4) is 0 Å². The van der Waals surface area contributed by atoms with E-state index < -0.39 is 23.1 Å². The summed E-state index contributed by atoms with van der Waals surface area (Å²) in [4.78, 5) is 50.3. The predicted molar refractivity (Wildman–Crippen MR) is 108 cm³/mol. The second-order valence-corrected chi connectivity index (χ2v) is 7.79. The summed E-state index contributed by atoms with van der Waals surface area (Å²) in [5.74, 6) is -0.989. The number of nitrogens with one attached hydrogen (secondary N) is 2. The van der Waals surface area contributed by atoms with Crippen molar-refractivity contribution in [2.45, 2.75) is 13.0 Å². The normalized spacial score (nSPS) is 15.1. The van der Waals surface area contributed by atoms with Gasteiger partial charge in [0.1, 0.15) is 0 Å². The molecule has 7 nitrogen and oxygen atoms in total. The van der Waals surface area contributed by atoms with Crippen LogP contribution >= 0.6 is 23.1 Å². The number of amides is 5. The molecule has 0 spiro atoms. The highest BCUT2D eigenvalue weighted by atomic mass is 32.2. The summed E-state index contributed by atoms with van der Waals surface area (Å²) < 4.78 is 0. The van der Waals surface area contributed by atoms with Gasteiger partial charge in [0.05, 0.1) is 4.91 Å². The number of thioether (sulfide) groups is 1. The maximum absolute atomic E-state index is 12.3. The lowest BCUT2D eigenvalue weighted by Crippen LogP contribution is -2.41. The maximum atomic E-state index is 12.3. The topological polar surface area (TPSA) is 95.6 Å². The number of urea groups is 1. The van der Waals surface area contributed by atoms with E-state index in [-0.39, 0.29) is 19.5 Å². The van der Waals surface area contributed by atoms with Gasteiger partial charge in [-0.2, -0.15) is 0 Å². The van der Waals surface area contributed by atoms with Crippen molar-refractivity contribution in [1.82, 2.24) is 15.5 Å². The molecule has 0 unspecified atom stereocenters. The van der Waals surface area contributed by atoms with Crippen LogP contribution in [0.4, 0.5) is 9.59 Å². The van der Waals surface area contributed by atoms with Gasteiger partial charge in [0, 0.05) is 24.4 Å². The minimum absolute atomic E-state index is 0.0791. The van der Waals surface area contributed by atoms with Crippen LogP contribution in [-0.4, -0.2) is 34.5 Å². The van der Waals surface area contributed by atoms with E-state index in [1.54, 1.807) is 6.08 Å². The standard InChI is InChI=1S/C19H17N3O4S2/c23-16(21-18(25)20-12-13-5-2-1-3-6-13)8-9-22-17(24)15(28-19(22)26)11-14-7-4-10-27-14/h1-7,10-11H,8-9,12H2,(H2,20,21,23,25). The van der Waals surface area contributed by atoms with Gasteiger partial charge < -0.3 is 5.32 Å². The van der Waals surface area contributed by atoms with Crippen LogP contribution in [0.2, 0.25) is 0 Å². The van der Waals surface area contributed by atoms with Gasteiger partial charge in [-0.15, -0.1) is 11.3 Å². The van der Waals surface area contributed by atoms with Crippen molar-refractivity contribution in [3.05, 3.63) is 63.2 Å². The fourth-order valence-corrected chi connectivity index (χ4v) is 4.01. The number of benzene rings is 1. The zero-order chi connectivity index (χ0) is 19.9. The Morgan fingerprint density at radius 1 is 1.07 bits per heavy atom. The average Bonchev–Trinajstić information content (AvgIpc) is 3.28. The first-order valence-electron chi connectivity index (χ1n) is 8.43. The zero-order valence-electron chi connectivity index (χ0n) is 14.7. The molecule has 0 bridgehead atoms. The minimum Gasteiger partial charge on any atom is -0.334 e. The van der Waals surface area contributed by atoms with Crippen molar-refractivity contribution < 1.29 is 19.2 Å². The Morgan fingerprint density at radius 2 is 1.86 bits per heavy atom. The van der Waals surface area contributed by atoms with E-state index >= 15 is 0 Å². The summed E-state index contributed by atoms with van der Waals surface area (Å²) >= 11 is 2.31. The lowest BCUT2D eigenvalue weighted by molar-refractivity contribution is -0.123. The fourth-order valence-electron chi connectivity index (χ4n) is 2.42. The number of carbonyl (C=O) groups is 4. The molecule has 1 aliphatic rings. The first kappa shape index (κ1) is 19.8. The SMILES string of the molecule is O=C(CCN1C(=O)SC(=Cc2cccs2)C1=O)NC(=O)NCc1ccccc1. The molecule has 1 fully saturated rings. The third-order valence-corrected chi connectivity index (χ3v) is 5.53. The third kappa shape index (κ3) is 5.30. The molecule has 1 aromatic carbocycles. The minimum atomic E-state index is -0.624. The van der Waals surface area contributed by atoms with Crippen LogP contribution in [0, 0.1) is 0 Å². The second kappa shape index (κ2) is 9.34. The Bertz CT molecular complexity index is 911. The van der Waals surface area contributed by atoms with Crippen molar-refractivity contribution in [3.8, 4) is 0 Å².